The fraction of sp³-hybridized carbons (Fsp3) is 0.400. The SMILES string of the molecule is COC(=O)C1C2=[N+]([O-])N(OS(=O)(=O)O)C(C2)c2cn(C(N)=O)nc21. The summed E-state index contributed by atoms with van der Waals surface area (Å²) in [6, 6.07) is -1.97. The number of hydrazone groups is 1. The smallest absolute Gasteiger partial charge is 0.422 e. The van der Waals surface area contributed by atoms with Gasteiger partial charge in [-0.2, -0.15) is 18.2 Å². The number of amides is 1. The van der Waals surface area contributed by atoms with E-state index in [1.807, 2.05) is 0 Å². The quantitative estimate of drug-likeness (QED) is 0.276. The van der Waals surface area contributed by atoms with Gasteiger partial charge < -0.3 is 15.7 Å². The van der Waals surface area contributed by atoms with E-state index in [2.05, 4.69) is 14.1 Å². The van der Waals surface area contributed by atoms with Crippen molar-refractivity contribution in [2.45, 2.75) is 18.4 Å². The molecule has 3 N–H and O–H groups in total. The lowest BCUT2D eigenvalue weighted by molar-refractivity contribution is -0.703. The first-order valence-electron chi connectivity index (χ1n) is 6.40. The first-order chi connectivity index (χ1) is 11.1. The minimum atomic E-state index is -5.00. The normalized spacial score (nSPS) is 22.5. The van der Waals surface area contributed by atoms with E-state index in [0.717, 1.165) is 18.0 Å². The molecule has 1 aliphatic carbocycles. The van der Waals surface area contributed by atoms with Crippen LogP contribution in [0.5, 0.6) is 0 Å². The monoisotopic (exact) mass is 361 g/mol. The number of primary amides is 1. The lowest BCUT2D eigenvalue weighted by Crippen LogP contribution is -2.33. The van der Waals surface area contributed by atoms with Gasteiger partial charge in [-0.05, 0) is 5.17 Å². The number of carbonyl (C=O) groups excluding carboxylic acids is 2. The van der Waals surface area contributed by atoms with Gasteiger partial charge >= 0.3 is 22.4 Å². The van der Waals surface area contributed by atoms with Gasteiger partial charge in [0.1, 0.15) is 0 Å². The molecule has 1 aromatic rings. The van der Waals surface area contributed by atoms with Gasteiger partial charge in [-0.25, -0.2) is 4.79 Å². The summed E-state index contributed by atoms with van der Waals surface area (Å²) in [5, 5.41) is 16.5. The molecule has 0 saturated carbocycles. The number of rotatable bonds is 3. The van der Waals surface area contributed by atoms with Crippen molar-refractivity contribution < 1.29 is 36.4 Å². The van der Waals surface area contributed by atoms with Gasteiger partial charge in [-0.15, -0.1) is 0 Å². The van der Waals surface area contributed by atoms with Crippen molar-refractivity contribution in [1.82, 2.24) is 15.0 Å². The molecule has 1 amide bonds. The van der Waals surface area contributed by atoms with Crippen LogP contribution in [0.3, 0.4) is 0 Å². The first kappa shape index (κ1) is 16.2. The summed E-state index contributed by atoms with van der Waals surface area (Å²) >= 11 is 0. The van der Waals surface area contributed by atoms with Crippen molar-refractivity contribution in [1.29, 1.82) is 0 Å². The van der Waals surface area contributed by atoms with Crippen LogP contribution in [0.25, 0.3) is 0 Å². The Hall–Kier alpha value is -2.71. The topological polar surface area (TPSA) is 180 Å². The summed E-state index contributed by atoms with van der Waals surface area (Å²) in [6.07, 6.45) is 1.05. The molecule has 130 valence electrons. The van der Waals surface area contributed by atoms with Crippen LogP contribution in [0.15, 0.2) is 6.20 Å². The van der Waals surface area contributed by atoms with Crippen LogP contribution in [0.1, 0.15) is 29.6 Å². The Labute approximate surface area is 134 Å². The number of hydrogen-bond acceptors (Lipinski definition) is 9. The van der Waals surface area contributed by atoms with Crippen molar-refractivity contribution in [3.05, 3.63) is 22.7 Å². The maximum Gasteiger partial charge on any atom is 0.422 e. The van der Waals surface area contributed by atoms with E-state index in [1.165, 1.54) is 0 Å². The number of methoxy groups -OCH3 is 1. The van der Waals surface area contributed by atoms with Crippen LogP contribution in [0.2, 0.25) is 0 Å². The van der Waals surface area contributed by atoms with Crippen molar-refractivity contribution >= 4 is 28.1 Å². The van der Waals surface area contributed by atoms with Gasteiger partial charge in [0, 0.05) is 11.8 Å². The number of esters is 1. The Morgan fingerprint density at radius 3 is 2.75 bits per heavy atom. The van der Waals surface area contributed by atoms with E-state index in [9.17, 15) is 23.2 Å². The van der Waals surface area contributed by atoms with Gasteiger partial charge in [0.15, 0.2) is 12.0 Å². The molecule has 0 spiro atoms. The Bertz CT molecular complexity index is 874. The predicted molar refractivity (Wildman–Crippen MR) is 72.4 cm³/mol. The average Bonchev–Trinajstić information content (AvgIpc) is 3.03. The zero-order valence-corrected chi connectivity index (χ0v) is 12.8. The summed E-state index contributed by atoms with van der Waals surface area (Å²) in [5.41, 5.74) is 5.18. The summed E-state index contributed by atoms with van der Waals surface area (Å²) < 4.78 is 40.4. The number of hydrogen-bond donors (Lipinski definition) is 2. The van der Waals surface area contributed by atoms with Gasteiger partial charge in [0.2, 0.25) is 5.71 Å². The number of hydrazine groups is 1. The molecule has 14 heteroatoms. The van der Waals surface area contributed by atoms with Crippen LogP contribution >= 0.6 is 0 Å². The van der Waals surface area contributed by atoms with E-state index < -0.39 is 34.4 Å². The largest absolute Gasteiger partial charge is 0.595 e. The number of carbonyl (C=O) groups is 2. The van der Waals surface area contributed by atoms with Crippen molar-refractivity contribution in [2.75, 3.05) is 7.11 Å². The number of fused-ring (bicyclic) bond motifs is 4. The molecule has 0 aromatic carbocycles. The summed E-state index contributed by atoms with van der Waals surface area (Å²) in [4.78, 5) is 23.4. The summed E-state index contributed by atoms with van der Waals surface area (Å²) in [7, 11) is -3.91. The zero-order valence-electron chi connectivity index (χ0n) is 12.0. The van der Waals surface area contributed by atoms with E-state index in [4.69, 9.17) is 10.3 Å². The van der Waals surface area contributed by atoms with Gasteiger partial charge in [0.25, 0.3) is 0 Å². The molecule has 1 aromatic heterocycles. The van der Waals surface area contributed by atoms with Crippen molar-refractivity contribution in [3.8, 4) is 0 Å². The van der Waals surface area contributed by atoms with E-state index in [0.29, 0.717) is 5.17 Å². The van der Waals surface area contributed by atoms with Crippen LogP contribution in [0, 0.1) is 5.21 Å². The number of aromatic nitrogens is 2. The van der Waals surface area contributed by atoms with Crippen LogP contribution in [-0.2, 0) is 24.2 Å². The van der Waals surface area contributed by atoms with E-state index in [-0.39, 0.29) is 28.2 Å². The van der Waals surface area contributed by atoms with Gasteiger partial charge in [-0.3, -0.25) is 9.35 Å². The molecule has 2 heterocycles. The molecule has 0 fully saturated rings. The maximum absolute atomic E-state index is 12.3. The van der Waals surface area contributed by atoms with E-state index >= 15 is 0 Å². The van der Waals surface area contributed by atoms with Crippen LogP contribution < -0.4 is 5.73 Å². The molecule has 2 atom stereocenters. The lowest BCUT2D eigenvalue weighted by Gasteiger charge is -2.19. The molecule has 3 rings (SSSR count). The molecule has 13 nitrogen and oxygen atoms in total. The Morgan fingerprint density at radius 1 is 1.54 bits per heavy atom. The fourth-order valence-corrected chi connectivity index (χ4v) is 3.12. The minimum absolute atomic E-state index is 0.00851. The van der Waals surface area contributed by atoms with Crippen molar-refractivity contribution in [3.63, 3.8) is 0 Å². The second kappa shape index (κ2) is 5.15. The Morgan fingerprint density at radius 2 is 2.21 bits per heavy atom. The summed E-state index contributed by atoms with van der Waals surface area (Å²) in [5.74, 6) is -2.11. The molecule has 1 aliphatic heterocycles. The maximum atomic E-state index is 12.3. The van der Waals surface area contributed by atoms with Crippen molar-refractivity contribution in [2.24, 2.45) is 5.73 Å². The Balaban J connectivity index is 2.18. The summed E-state index contributed by atoms with van der Waals surface area (Å²) in [6.45, 7) is 0. The third-order valence-corrected chi connectivity index (χ3v) is 4.01. The highest BCUT2D eigenvalue weighted by Gasteiger charge is 2.55. The Kier molecular flexibility index (Phi) is 3.47. The van der Waals surface area contributed by atoms with Gasteiger partial charge in [0.05, 0.1) is 19.2 Å². The second-order valence-electron chi connectivity index (χ2n) is 5.00. The zero-order chi connectivity index (χ0) is 17.8. The third-order valence-electron chi connectivity index (χ3n) is 3.67. The lowest BCUT2D eigenvalue weighted by atomic mass is 9.84. The predicted octanol–water partition coefficient (Wildman–Crippen LogP) is -1.57. The molecule has 2 unspecified atom stereocenters. The van der Waals surface area contributed by atoms with Crippen LogP contribution in [0.4, 0.5) is 4.79 Å². The highest BCUT2D eigenvalue weighted by molar-refractivity contribution is 7.80. The first-order valence-corrected chi connectivity index (χ1v) is 7.76. The third kappa shape index (κ3) is 2.36. The molecular weight excluding hydrogens is 350 g/mol. The van der Waals surface area contributed by atoms with E-state index in [1.54, 1.807) is 0 Å². The molecule has 0 radical (unpaired) electrons. The number of nitrogens with zero attached hydrogens (tertiary/aromatic N) is 4. The number of hydroxylamine groups is 1. The van der Waals surface area contributed by atoms with Gasteiger partial charge in [-0.1, -0.05) is 9.13 Å². The highest BCUT2D eigenvalue weighted by atomic mass is 32.3. The molecule has 0 saturated heterocycles. The molecule has 2 aliphatic rings. The number of nitrogens with two attached hydrogens (primary N) is 1. The highest BCUT2D eigenvalue weighted by Crippen LogP contribution is 2.43. The number of ether oxygens (including phenoxy) is 1. The average molecular weight is 361 g/mol. The molecule has 2 bridgehead atoms. The minimum Gasteiger partial charge on any atom is -0.595 e. The standard InChI is InChI=1S/C10H11N5O8S/c1-22-9(16)7-6-2-5(15(14(6)18)23-24(19,20)21)4-3-13(10(11)17)12-8(4)7/h3,5,7H,2H2,1H3,(H2,11,17)(H,19,20,21). The molecule has 24 heavy (non-hydrogen) atoms. The second-order valence-corrected chi connectivity index (χ2v) is 6.00. The molecular formula is C10H11N5O8S. The van der Waals surface area contributed by atoms with Crippen LogP contribution in [-0.4, -0.2) is 57.6 Å². The fourth-order valence-electron chi connectivity index (χ4n) is 2.76.